The van der Waals surface area contributed by atoms with Crippen LogP contribution in [0.4, 0.5) is 10.2 Å². The van der Waals surface area contributed by atoms with E-state index in [1.807, 2.05) is 0 Å². The third-order valence-corrected chi connectivity index (χ3v) is 4.26. The van der Waals surface area contributed by atoms with Crippen molar-refractivity contribution in [2.45, 2.75) is 18.1 Å². The van der Waals surface area contributed by atoms with E-state index in [-0.39, 0.29) is 71.4 Å². The predicted octanol–water partition coefficient (Wildman–Crippen LogP) is -5.97. The van der Waals surface area contributed by atoms with Crippen molar-refractivity contribution in [3.8, 4) is 0 Å². The molecule has 9 nitrogen and oxygen atoms in total. The second-order valence-corrected chi connectivity index (χ2v) is 6.83. The fraction of sp³-hybridized carbons (Fsp3) is 0.308. The quantitative estimate of drug-likeness (QED) is 0.298. The first kappa shape index (κ1) is 23.9. The number of fused-ring (bicyclic) bond motifs is 1. The number of aromatic nitrogens is 4. The maximum atomic E-state index is 14.4. The van der Waals surface area contributed by atoms with Gasteiger partial charge < -0.3 is 29.4 Å². The largest absolute Gasteiger partial charge is 1.00 e. The van der Waals surface area contributed by atoms with Crippen LogP contribution in [0.1, 0.15) is 12.5 Å². The average molecular weight is 399 g/mol. The molecule has 0 aromatic carbocycles. The minimum absolute atomic E-state index is 0. The Morgan fingerprint density at radius 2 is 2.15 bits per heavy atom. The third kappa shape index (κ3) is 4.64. The summed E-state index contributed by atoms with van der Waals surface area (Å²) in [6.07, 6.45) is 3.92. The van der Waals surface area contributed by atoms with Crippen LogP contribution in [0.3, 0.4) is 0 Å². The summed E-state index contributed by atoms with van der Waals surface area (Å²) in [5.74, 6) is -0.550. The van der Waals surface area contributed by atoms with Crippen molar-refractivity contribution < 1.29 is 82.6 Å². The molecule has 3 rings (SSSR count). The molecule has 0 bridgehead atoms. The van der Waals surface area contributed by atoms with Gasteiger partial charge in [-0.25, -0.2) is 19.3 Å². The first-order valence-electron chi connectivity index (χ1n) is 6.85. The molecule has 0 aliphatic heterocycles. The van der Waals surface area contributed by atoms with Crippen LogP contribution in [-0.2, 0) is 9.30 Å². The van der Waals surface area contributed by atoms with E-state index in [2.05, 4.69) is 21.5 Å². The third-order valence-electron chi connectivity index (χ3n) is 3.81. The van der Waals surface area contributed by atoms with Crippen LogP contribution in [0.5, 0.6) is 0 Å². The molecule has 2 aromatic heterocycles. The van der Waals surface area contributed by atoms with Crippen LogP contribution < -0.4 is 74.6 Å². The summed E-state index contributed by atoms with van der Waals surface area (Å²) in [7, 11) is -4.95. The number of anilines is 1. The molecule has 0 spiro atoms. The topological polar surface area (TPSA) is 142 Å². The smallest absolute Gasteiger partial charge is 0.809 e. The second-order valence-electron chi connectivity index (χ2n) is 5.35. The van der Waals surface area contributed by atoms with Gasteiger partial charge in [0.25, 0.3) is 0 Å². The number of hydrogen-bond acceptors (Lipinski definition) is 8. The maximum absolute atomic E-state index is 14.4. The van der Waals surface area contributed by atoms with Gasteiger partial charge in [0, 0.05) is 6.42 Å². The van der Waals surface area contributed by atoms with Crippen LogP contribution in [-0.4, -0.2) is 31.5 Å². The standard InChI is InChI=1S/C13H15FN5O4P.2Na/c1-2-13(23-7-24(20,21)22)4-8(3-9(13)14)19-6-18-10-11(15)16-5-17-12(10)19;;/h2-3,5-6,8H,1,4,7H2,(H2,15,16,17)(H2,20,21,22);;/q;2*+1/p-2/t8-,13-;;/m0../s1. The van der Waals surface area contributed by atoms with Gasteiger partial charge in [0.2, 0.25) is 0 Å². The summed E-state index contributed by atoms with van der Waals surface area (Å²) in [5.41, 5.74) is 4.79. The van der Waals surface area contributed by atoms with Crippen LogP contribution in [0.2, 0.25) is 0 Å². The normalized spacial score (nSPS) is 22.4. The fourth-order valence-electron chi connectivity index (χ4n) is 2.63. The van der Waals surface area contributed by atoms with Crippen molar-refractivity contribution in [3.05, 3.63) is 37.2 Å². The summed E-state index contributed by atoms with van der Waals surface area (Å²) in [4.78, 5) is 33.6. The van der Waals surface area contributed by atoms with E-state index in [0.717, 1.165) is 6.08 Å². The van der Waals surface area contributed by atoms with Gasteiger partial charge >= 0.3 is 59.1 Å². The van der Waals surface area contributed by atoms with Crippen molar-refractivity contribution in [2.75, 3.05) is 12.1 Å². The number of rotatable bonds is 5. The first-order valence-corrected chi connectivity index (χ1v) is 8.58. The molecule has 0 fully saturated rings. The Labute approximate surface area is 192 Å². The molecule has 128 valence electrons. The van der Waals surface area contributed by atoms with Gasteiger partial charge in [-0.2, -0.15) is 0 Å². The Morgan fingerprint density at radius 1 is 1.46 bits per heavy atom. The van der Waals surface area contributed by atoms with Crippen LogP contribution >= 0.6 is 7.60 Å². The van der Waals surface area contributed by atoms with Crippen molar-refractivity contribution in [2.24, 2.45) is 0 Å². The second kappa shape index (κ2) is 8.91. The molecule has 0 unspecified atom stereocenters. The van der Waals surface area contributed by atoms with E-state index >= 15 is 0 Å². The molecular formula is C13H13FN5Na2O4P. The molecule has 0 amide bonds. The summed E-state index contributed by atoms with van der Waals surface area (Å²) in [5, 5.41) is 0. The average Bonchev–Trinajstić information content (AvgIpc) is 3.07. The number of imidazole rings is 1. The molecule has 1 aliphatic rings. The summed E-state index contributed by atoms with van der Waals surface area (Å²) in [6.45, 7) is 3.49. The summed E-state index contributed by atoms with van der Waals surface area (Å²) < 4.78 is 31.8. The minimum atomic E-state index is -4.95. The Morgan fingerprint density at radius 3 is 2.77 bits per heavy atom. The first-order chi connectivity index (χ1) is 11.3. The molecule has 1 aliphatic carbocycles. The van der Waals surface area contributed by atoms with Crippen molar-refractivity contribution in [3.63, 3.8) is 0 Å². The van der Waals surface area contributed by atoms with Crippen molar-refractivity contribution in [1.29, 1.82) is 0 Å². The SMILES string of the molecule is C=C[C@]1(OCP(=O)([O-])[O-])C[C@@H](n2cnc3c(N)ncnc32)C=C1F.[Na+].[Na+]. The van der Waals surface area contributed by atoms with E-state index in [1.54, 1.807) is 4.57 Å². The van der Waals surface area contributed by atoms with E-state index in [4.69, 9.17) is 10.5 Å². The molecular weight excluding hydrogens is 386 g/mol. The Kier molecular flexibility index (Phi) is 8.20. The van der Waals surface area contributed by atoms with Gasteiger partial charge in [-0.05, 0) is 13.7 Å². The van der Waals surface area contributed by atoms with E-state index in [1.165, 1.54) is 18.7 Å². The van der Waals surface area contributed by atoms with Crippen molar-refractivity contribution in [1.82, 2.24) is 19.5 Å². The number of nitrogen functional groups attached to an aromatic ring is 1. The molecule has 13 heteroatoms. The van der Waals surface area contributed by atoms with Crippen LogP contribution in [0.15, 0.2) is 37.2 Å². The maximum Gasteiger partial charge on any atom is 1.00 e. The Balaban J connectivity index is 0.00000169. The molecule has 2 atom stereocenters. The minimum Gasteiger partial charge on any atom is -0.809 e. The van der Waals surface area contributed by atoms with Crippen LogP contribution in [0.25, 0.3) is 11.2 Å². The molecule has 26 heavy (non-hydrogen) atoms. The number of nitrogens with two attached hydrogens (primary N) is 1. The van der Waals surface area contributed by atoms with Gasteiger partial charge in [-0.15, -0.1) is 0 Å². The van der Waals surface area contributed by atoms with Gasteiger partial charge in [0.15, 0.2) is 11.5 Å². The van der Waals surface area contributed by atoms with Gasteiger partial charge in [-0.3, -0.25) is 0 Å². The Bertz CT molecular complexity index is 889. The number of nitrogens with zero attached hydrogens (tertiary/aromatic N) is 4. The van der Waals surface area contributed by atoms with E-state index < -0.39 is 31.4 Å². The summed E-state index contributed by atoms with van der Waals surface area (Å²) >= 11 is 0. The zero-order valence-electron chi connectivity index (χ0n) is 14.3. The molecule has 0 saturated carbocycles. The molecule has 2 heterocycles. The molecule has 0 saturated heterocycles. The van der Waals surface area contributed by atoms with Crippen LogP contribution in [0, 0.1) is 0 Å². The molecule has 2 aromatic rings. The Hall–Kier alpha value is -0.130. The van der Waals surface area contributed by atoms with E-state index in [9.17, 15) is 18.7 Å². The summed E-state index contributed by atoms with van der Waals surface area (Å²) in [6, 6.07) is -0.569. The monoisotopic (exact) mass is 399 g/mol. The molecule has 2 N–H and O–H groups in total. The molecule has 0 radical (unpaired) electrons. The van der Waals surface area contributed by atoms with Crippen molar-refractivity contribution >= 4 is 24.6 Å². The number of hydrogen-bond donors (Lipinski definition) is 1. The number of allylic oxidation sites excluding steroid dienone is 1. The van der Waals surface area contributed by atoms with E-state index in [0.29, 0.717) is 11.2 Å². The van der Waals surface area contributed by atoms with Gasteiger partial charge in [0.05, 0.1) is 18.7 Å². The predicted molar refractivity (Wildman–Crippen MR) is 79.1 cm³/mol. The number of ether oxygens (including phenoxy) is 1. The fourth-order valence-corrected chi connectivity index (χ4v) is 3.02. The zero-order valence-corrected chi connectivity index (χ0v) is 19.2. The van der Waals surface area contributed by atoms with Gasteiger partial charge in [-0.1, -0.05) is 12.7 Å². The number of halogens is 1. The van der Waals surface area contributed by atoms with Gasteiger partial charge in [0.1, 0.15) is 23.3 Å². The zero-order chi connectivity index (χ0) is 17.5.